The molecule has 1 aliphatic heterocycles. The maximum absolute atomic E-state index is 11.2. The topological polar surface area (TPSA) is 29.5 Å². The summed E-state index contributed by atoms with van der Waals surface area (Å²) in [6.07, 6.45) is 1.93. The van der Waals surface area contributed by atoms with Gasteiger partial charge >= 0.3 is 0 Å². The fourth-order valence-electron chi connectivity index (χ4n) is 2.17. The van der Waals surface area contributed by atoms with E-state index in [-0.39, 0.29) is 5.41 Å². The van der Waals surface area contributed by atoms with Crippen LogP contribution in [0.15, 0.2) is 16.8 Å². The van der Waals surface area contributed by atoms with Gasteiger partial charge in [-0.3, -0.25) is 0 Å². The molecule has 1 fully saturated rings. The van der Waals surface area contributed by atoms with Crippen molar-refractivity contribution in [3.05, 3.63) is 22.4 Å². The van der Waals surface area contributed by atoms with E-state index in [1.807, 2.05) is 0 Å². The van der Waals surface area contributed by atoms with Crippen LogP contribution in [0.5, 0.6) is 0 Å². The molecule has 2 heterocycles. The van der Waals surface area contributed by atoms with Crippen LogP contribution in [0.25, 0.3) is 0 Å². The molecule has 1 unspecified atom stereocenters. The van der Waals surface area contributed by atoms with E-state index in [0.29, 0.717) is 13.2 Å². The second kappa shape index (κ2) is 5.08. The molecule has 3 nitrogen and oxygen atoms in total. The van der Waals surface area contributed by atoms with Crippen molar-refractivity contribution in [2.75, 3.05) is 26.8 Å². The Bertz CT molecular complexity index is 331. The molecule has 0 radical (unpaired) electrons. The number of carbonyl (C=O) groups is 1. The van der Waals surface area contributed by atoms with Crippen LogP contribution in [-0.2, 0) is 16.1 Å². The minimum Gasteiger partial charge on any atom is -0.380 e. The summed E-state index contributed by atoms with van der Waals surface area (Å²) in [6.45, 7) is 2.97. The summed E-state index contributed by atoms with van der Waals surface area (Å²) in [5, 5.41) is 4.23. The van der Waals surface area contributed by atoms with Crippen molar-refractivity contribution in [1.82, 2.24) is 4.90 Å². The monoisotopic (exact) mass is 239 g/mol. The molecule has 0 spiro atoms. The van der Waals surface area contributed by atoms with E-state index in [4.69, 9.17) is 4.74 Å². The Morgan fingerprint density at radius 3 is 3.12 bits per heavy atom. The van der Waals surface area contributed by atoms with Crippen LogP contribution in [0, 0.1) is 5.41 Å². The fraction of sp³-hybridized carbons (Fsp3) is 0.583. The number of nitrogens with zero attached hydrogens (tertiary/aromatic N) is 1. The maximum Gasteiger partial charge on any atom is 0.129 e. The number of rotatable bonds is 5. The SMILES string of the molecule is CN(Cc1ccsc1)CC1(C=O)CCOC1. The van der Waals surface area contributed by atoms with Gasteiger partial charge in [0.05, 0.1) is 12.0 Å². The molecule has 1 atom stereocenters. The lowest BCUT2D eigenvalue weighted by atomic mass is 9.88. The lowest BCUT2D eigenvalue weighted by Crippen LogP contribution is -2.37. The first-order valence-electron chi connectivity index (χ1n) is 5.48. The highest BCUT2D eigenvalue weighted by molar-refractivity contribution is 7.07. The van der Waals surface area contributed by atoms with Crippen molar-refractivity contribution in [3.63, 3.8) is 0 Å². The van der Waals surface area contributed by atoms with Crippen molar-refractivity contribution in [2.24, 2.45) is 5.41 Å². The number of aldehydes is 1. The Balaban J connectivity index is 1.90. The molecule has 1 aromatic heterocycles. The molecule has 88 valence electrons. The minimum absolute atomic E-state index is 0.273. The van der Waals surface area contributed by atoms with Gasteiger partial charge in [-0.1, -0.05) is 0 Å². The lowest BCUT2D eigenvalue weighted by molar-refractivity contribution is -0.117. The van der Waals surface area contributed by atoms with Crippen LogP contribution in [0.2, 0.25) is 0 Å². The standard InChI is InChI=1S/C12H17NO2S/c1-13(6-11-2-5-16-7-11)8-12(9-14)3-4-15-10-12/h2,5,7,9H,3-4,6,8,10H2,1H3. The van der Waals surface area contributed by atoms with Crippen molar-refractivity contribution >= 4 is 17.6 Å². The van der Waals surface area contributed by atoms with Crippen LogP contribution in [0.4, 0.5) is 0 Å². The largest absolute Gasteiger partial charge is 0.380 e. The first-order chi connectivity index (χ1) is 7.74. The van der Waals surface area contributed by atoms with Crippen molar-refractivity contribution < 1.29 is 9.53 Å². The summed E-state index contributed by atoms with van der Waals surface area (Å²) in [7, 11) is 2.06. The summed E-state index contributed by atoms with van der Waals surface area (Å²) in [5.74, 6) is 0. The number of ether oxygens (including phenoxy) is 1. The molecule has 0 N–H and O–H groups in total. The van der Waals surface area contributed by atoms with Crippen LogP contribution in [0.3, 0.4) is 0 Å². The average Bonchev–Trinajstić information content (AvgIpc) is 2.90. The van der Waals surface area contributed by atoms with Gasteiger partial charge in [0, 0.05) is 19.7 Å². The van der Waals surface area contributed by atoms with E-state index in [1.54, 1.807) is 11.3 Å². The molecule has 0 aromatic carbocycles. The second-order valence-corrected chi connectivity index (χ2v) is 5.37. The van der Waals surface area contributed by atoms with Gasteiger partial charge in [0.15, 0.2) is 0 Å². The summed E-state index contributed by atoms with van der Waals surface area (Å²) >= 11 is 1.71. The van der Waals surface area contributed by atoms with Crippen LogP contribution in [-0.4, -0.2) is 38.0 Å². The Morgan fingerprint density at radius 2 is 2.56 bits per heavy atom. The average molecular weight is 239 g/mol. The molecule has 2 rings (SSSR count). The molecular formula is C12H17NO2S. The molecule has 16 heavy (non-hydrogen) atoms. The third-order valence-corrected chi connectivity index (χ3v) is 3.73. The highest BCUT2D eigenvalue weighted by Crippen LogP contribution is 2.27. The van der Waals surface area contributed by atoms with E-state index in [9.17, 15) is 4.79 Å². The summed E-state index contributed by atoms with van der Waals surface area (Å²) in [5.41, 5.74) is 1.04. The summed E-state index contributed by atoms with van der Waals surface area (Å²) in [6, 6.07) is 2.12. The first-order valence-corrected chi connectivity index (χ1v) is 6.42. The summed E-state index contributed by atoms with van der Waals surface area (Å²) < 4.78 is 5.33. The molecule has 0 saturated carbocycles. The van der Waals surface area contributed by atoms with Gasteiger partial charge in [-0.2, -0.15) is 11.3 Å². The zero-order chi connectivity index (χ0) is 11.4. The van der Waals surface area contributed by atoms with Crippen molar-refractivity contribution in [3.8, 4) is 0 Å². The molecular weight excluding hydrogens is 222 g/mol. The number of thiophene rings is 1. The predicted octanol–water partition coefficient (Wildman–Crippen LogP) is 1.79. The Hall–Kier alpha value is -0.710. The second-order valence-electron chi connectivity index (χ2n) is 4.59. The molecule has 0 amide bonds. The smallest absolute Gasteiger partial charge is 0.129 e. The van der Waals surface area contributed by atoms with E-state index in [2.05, 4.69) is 28.8 Å². The number of hydrogen-bond donors (Lipinski definition) is 0. The third kappa shape index (κ3) is 2.70. The van der Waals surface area contributed by atoms with Crippen LogP contribution in [0.1, 0.15) is 12.0 Å². The zero-order valence-electron chi connectivity index (χ0n) is 9.52. The zero-order valence-corrected chi connectivity index (χ0v) is 10.3. The highest BCUT2D eigenvalue weighted by Gasteiger charge is 2.35. The number of carbonyl (C=O) groups excluding carboxylic acids is 1. The minimum atomic E-state index is -0.273. The van der Waals surface area contributed by atoms with Crippen LogP contribution >= 0.6 is 11.3 Å². The van der Waals surface area contributed by atoms with Gasteiger partial charge < -0.3 is 14.4 Å². The quantitative estimate of drug-likeness (QED) is 0.734. The predicted molar refractivity (Wildman–Crippen MR) is 64.6 cm³/mol. The molecule has 4 heteroatoms. The van der Waals surface area contributed by atoms with Gasteiger partial charge in [-0.15, -0.1) is 0 Å². The van der Waals surface area contributed by atoms with E-state index < -0.39 is 0 Å². The third-order valence-electron chi connectivity index (χ3n) is 3.00. The lowest BCUT2D eigenvalue weighted by Gasteiger charge is -2.26. The van der Waals surface area contributed by atoms with Crippen molar-refractivity contribution in [1.29, 1.82) is 0 Å². The molecule has 1 saturated heterocycles. The Morgan fingerprint density at radius 1 is 1.69 bits per heavy atom. The Kier molecular flexibility index (Phi) is 3.74. The van der Waals surface area contributed by atoms with E-state index >= 15 is 0 Å². The van der Waals surface area contributed by atoms with Gasteiger partial charge in [-0.05, 0) is 35.9 Å². The molecule has 1 aromatic rings. The van der Waals surface area contributed by atoms with Gasteiger partial charge in [-0.25, -0.2) is 0 Å². The van der Waals surface area contributed by atoms with Gasteiger partial charge in [0.25, 0.3) is 0 Å². The Labute approximate surface area is 100 Å². The number of hydrogen-bond acceptors (Lipinski definition) is 4. The summed E-state index contributed by atoms with van der Waals surface area (Å²) in [4.78, 5) is 13.4. The normalized spacial score (nSPS) is 25.1. The van der Waals surface area contributed by atoms with Gasteiger partial charge in [0.2, 0.25) is 0 Å². The highest BCUT2D eigenvalue weighted by atomic mass is 32.1. The van der Waals surface area contributed by atoms with E-state index in [0.717, 1.165) is 25.8 Å². The molecule has 0 aliphatic carbocycles. The van der Waals surface area contributed by atoms with Crippen molar-refractivity contribution in [2.45, 2.75) is 13.0 Å². The maximum atomic E-state index is 11.2. The van der Waals surface area contributed by atoms with Crippen LogP contribution < -0.4 is 0 Å². The fourth-order valence-corrected chi connectivity index (χ4v) is 2.83. The van der Waals surface area contributed by atoms with E-state index in [1.165, 1.54) is 5.56 Å². The molecule has 1 aliphatic rings. The first kappa shape index (κ1) is 11.8. The molecule has 0 bridgehead atoms. The van der Waals surface area contributed by atoms with Gasteiger partial charge in [0.1, 0.15) is 6.29 Å².